The van der Waals surface area contributed by atoms with E-state index in [0.717, 1.165) is 44.2 Å². The van der Waals surface area contributed by atoms with Crippen molar-refractivity contribution in [2.75, 3.05) is 32.6 Å². The first-order valence-electron chi connectivity index (χ1n) is 10.8. The van der Waals surface area contributed by atoms with Crippen LogP contribution in [0.2, 0.25) is 0 Å². The van der Waals surface area contributed by atoms with Gasteiger partial charge >= 0.3 is 6.03 Å². The summed E-state index contributed by atoms with van der Waals surface area (Å²) in [6.07, 6.45) is 6.14. The van der Waals surface area contributed by atoms with Crippen LogP contribution in [0, 0.1) is 0 Å². The van der Waals surface area contributed by atoms with E-state index in [1.165, 1.54) is 37.9 Å². The van der Waals surface area contributed by atoms with Crippen LogP contribution in [0.4, 0.5) is 10.5 Å². The van der Waals surface area contributed by atoms with Crippen LogP contribution >= 0.6 is 0 Å². The van der Waals surface area contributed by atoms with E-state index in [9.17, 15) is 14.1 Å². The number of nitrogens with one attached hydrogen (secondary N) is 2. The topological polar surface area (TPSA) is 112 Å². The molecular weight excluding hydrogens is 430 g/mol. The lowest BCUT2D eigenvalue weighted by Gasteiger charge is -2.16. The number of hydrogen-bond acceptors (Lipinski definition) is 5. The Morgan fingerprint density at radius 1 is 1.19 bits per heavy atom. The predicted octanol–water partition coefficient (Wildman–Crippen LogP) is 1.96. The van der Waals surface area contributed by atoms with Gasteiger partial charge in [0.15, 0.2) is 0 Å². The van der Waals surface area contributed by atoms with Gasteiger partial charge in [0, 0.05) is 39.5 Å². The van der Waals surface area contributed by atoms with E-state index in [0.29, 0.717) is 13.2 Å². The molecule has 0 bridgehead atoms. The van der Waals surface area contributed by atoms with Crippen LogP contribution in [-0.4, -0.2) is 58.5 Å². The zero-order valence-electron chi connectivity index (χ0n) is 18.7. The lowest BCUT2D eigenvalue weighted by Crippen LogP contribution is -2.35. The Labute approximate surface area is 190 Å². The summed E-state index contributed by atoms with van der Waals surface area (Å²) >= 11 is -1.90. The second-order valence-corrected chi connectivity index (χ2v) is 9.43. The molecule has 1 aromatic carbocycles. The van der Waals surface area contributed by atoms with Crippen LogP contribution in [-0.2, 0) is 48.8 Å². The Kier molecular flexibility index (Phi) is 6.73. The molecule has 0 fully saturated rings. The first-order valence-corrected chi connectivity index (χ1v) is 12.0. The van der Waals surface area contributed by atoms with Crippen LogP contribution in [0.5, 0.6) is 0 Å². The van der Waals surface area contributed by atoms with Gasteiger partial charge in [0.05, 0.1) is 6.61 Å². The summed E-state index contributed by atoms with van der Waals surface area (Å²) in [6, 6.07) is 3.20. The van der Waals surface area contributed by atoms with Gasteiger partial charge in [-0.3, -0.25) is 9.48 Å². The Morgan fingerprint density at radius 2 is 1.84 bits per heavy atom. The van der Waals surface area contributed by atoms with Crippen molar-refractivity contribution < 1.29 is 18.9 Å². The molecule has 4 rings (SSSR count). The minimum Gasteiger partial charge on any atom is -0.586 e. The number of ether oxygens (including phenoxy) is 1. The number of likely N-dealkylation sites (N-methyl/N-ethyl adjacent to an activating group) is 1. The molecule has 0 saturated carbocycles. The van der Waals surface area contributed by atoms with Crippen molar-refractivity contribution in [3.05, 3.63) is 40.1 Å². The summed E-state index contributed by atoms with van der Waals surface area (Å²) in [5.74, 6) is -0.264. The minimum absolute atomic E-state index is 0.120. The third-order valence-corrected chi connectivity index (χ3v) is 7.09. The summed E-state index contributed by atoms with van der Waals surface area (Å²) in [5.41, 5.74) is 6.21. The van der Waals surface area contributed by atoms with Gasteiger partial charge in [-0.25, -0.2) is 4.79 Å². The standard InChI is InChI=1S/C22H29N5O4S/c1-26(10-11-31-3)21(28)18-13-19(24-27(18)2)32(30)25-22(29)23-20-16-8-4-6-14(16)12-15-7-5-9-17(15)20/h12-13H,4-11H2,1-3H3,(H2,23,25,29). The number of amides is 3. The minimum atomic E-state index is -1.90. The normalized spacial score (nSPS) is 15.2. The maximum Gasteiger partial charge on any atom is 0.361 e. The number of carbonyl (C=O) groups excluding carboxylic acids is 2. The highest BCUT2D eigenvalue weighted by atomic mass is 32.2. The van der Waals surface area contributed by atoms with Gasteiger partial charge in [0.1, 0.15) is 17.1 Å². The molecule has 0 saturated heterocycles. The van der Waals surface area contributed by atoms with Gasteiger partial charge in [-0.1, -0.05) is 6.07 Å². The number of anilines is 1. The Bertz CT molecular complexity index is 1010. The molecule has 1 unspecified atom stereocenters. The van der Waals surface area contributed by atoms with Crippen LogP contribution in [0.25, 0.3) is 0 Å². The van der Waals surface area contributed by atoms with Crippen molar-refractivity contribution in [2.45, 2.75) is 43.6 Å². The van der Waals surface area contributed by atoms with E-state index < -0.39 is 17.4 Å². The van der Waals surface area contributed by atoms with Crippen molar-refractivity contribution in [3.63, 3.8) is 0 Å². The smallest absolute Gasteiger partial charge is 0.361 e. The van der Waals surface area contributed by atoms with Crippen LogP contribution in [0.15, 0.2) is 17.2 Å². The van der Waals surface area contributed by atoms with Crippen molar-refractivity contribution >= 4 is 29.0 Å². The van der Waals surface area contributed by atoms with Crippen LogP contribution < -0.4 is 10.0 Å². The van der Waals surface area contributed by atoms with Gasteiger partial charge in [-0.15, -0.1) is 9.82 Å². The fourth-order valence-electron chi connectivity index (χ4n) is 4.50. The fourth-order valence-corrected chi connectivity index (χ4v) is 5.24. The number of aromatic nitrogens is 2. The third kappa shape index (κ3) is 4.48. The molecule has 3 amide bonds. The Balaban J connectivity index is 1.45. The van der Waals surface area contributed by atoms with Gasteiger partial charge in [0.25, 0.3) is 10.9 Å². The third-order valence-electron chi connectivity index (χ3n) is 6.14. The van der Waals surface area contributed by atoms with Crippen molar-refractivity contribution in [1.82, 2.24) is 19.4 Å². The number of fused-ring (bicyclic) bond motifs is 2. The predicted molar refractivity (Wildman–Crippen MR) is 121 cm³/mol. The first kappa shape index (κ1) is 22.6. The summed E-state index contributed by atoms with van der Waals surface area (Å²) in [4.78, 5) is 26.8. The Morgan fingerprint density at radius 3 is 2.47 bits per heavy atom. The highest BCUT2D eigenvalue weighted by Gasteiger charge is 2.28. The molecule has 172 valence electrons. The zero-order chi connectivity index (χ0) is 22.8. The number of benzene rings is 1. The fraction of sp³-hybridized carbons (Fsp3) is 0.500. The van der Waals surface area contributed by atoms with Crippen molar-refractivity contribution in [1.29, 1.82) is 0 Å². The average molecular weight is 460 g/mol. The molecule has 1 heterocycles. The monoisotopic (exact) mass is 459 g/mol. The highest BCUT2D eigenvalue weighted by Crippen LogP contribution is 2.38. The second-order valence-electron chi connectivity index (χ2n) is 8.27. The van der Waals surface area contributed by atoms with Crippen molar-refractivity contribution in [3.8, 4) is 0 Å². The van der Waals surface area contributed by atoms with Gasteiger partial charge in [-0.2, -0.15) is 0 Å². The molecule has 2 aliphatic carbocycles. The van der Waals surface area contributed by atoms with E-state index in [1.54, 1.807) is 21.2 Å². The van der Waals surface area contributed by atoms with Gasteiger partial charge < -0.3 is 19.5 Å². The summed E-state index contributed by atoms with van der Waals surface area (Å²) in [7, 11) is 4.83. The molecule has 0 radical (unpaired) electrons. The summed E-state index contributed by atoms with van der Waals surface area (Å²) in [5, 5.41) is 7.25. The number of hydrogen-bond donors (Lipinski definition) is 2. The van der Waals surface area contributed by atoms with E-state index in [1.807, 2.05) is 0 Å². The molecule has 2 aromatic rings. The van der Waals surface area contributed by atoms with E-state index in [-0.39, 0.29) is 16.6 Å². The van der Waals surface area contributed by atoms with Gasteiger partial charge in [0.2, 0.25) is 0 Å². The number of carbonyl (C=O) groups is 2. The first-order chi connectivity index (χ1) is 15.4. The average Bonchev–Trinajstić information content (AvgIpc) is 3.50. The van der Waals surface area contributed by atoms with Gasteiger partial charge in [-0.05, 0) is 60.8 Å². The quantitative estimate of drug-likeness (QED) is 0.615. The maximum absolute atomic E-state index is 12.8. The number of aryl methyl sites for hydroxylation is 3. The van der Waals surface area contributed by atoms with Crippen LogP contribution in [0.1, 0.15) is 45.6 Å². The molecule has 0 aliphatic heterocycles. The molecule has 1 aromatic heterocycles. The number of methoxy groups -OCH3 is 1. The van der Waals surface area contributed by atoms with E-state index in [2.05, 4.69) is 21.2 Å². The summed E-state index contributed by atoms with van der Waals surface area (Å²) in [6.45, 7) is 0.832. The number of nitrogens with zero attached hydrogens (tertiary/aromatic N) is 3. The molecule has 32 heavy (non-hydrogen) atoms. The lowest BCUT2D eigenvalue weighted by molar-refractivity contribution is 0.0733. The largest absolute Gasteiger partial charge is 0.586 e. The molecule has 2 aliphatic rings. The molecule has 10 heteroatoms. The highest BCUT2D eigenvalue weighted by molar-refractivity contribution is 7.90. The number of rotatable bonds is 7. The molecule has 1 atom stereocenters. The Hall–Kier alpha value is -2.56. The van der Waals surface area contributed by atoms with Crippen molar-refractivity contribution in [2.24, 2.45) is 7.05 Å². The SMILES string of the molecule is COCCN(C)C(=O)c1cc([S+]([O-])NC(=O)Nc2c3c(cc4c2CCC4)CCC3)nn1C. The molecular formula is C22H29N5O4S. The number of urea groups is 1. The molecule has 2 N–H and O–H groups in total. The summed E-state index contributed by atoms with van der Waals surface area (Å²) < 4.78 is 21.6. The molecule has 0 spiro atoms. The molecule has 9 nitrogen and oxygen atoms in total. The van der Waals surface area contributed by atoms with E-state index >= 15 is 0 Å². The maximum atomic E-state index is 12.8. The second kappa shape index (κ2) is 9.51. The van der Waals surface area contributed by atoms with E-state index in [4.69, 9.17) is 4.74 Å². The van der Waals surface area contributed by atoms with Crippen LogP contribution in [0.3, 0.4) is 0 Å². The zero-order valence-corrected chi connectivity index (χ0v) is 19.5. The lowest BCUT2D eigenvalue weighted by atomic mass is 9.99.